The normalized spacial score (nSPS) is 13.7. The molecule has 0 radical (unpaired) electrons. The maximum absolute atomic E-state index is 13.1. The average Bonchev–Trinajstić information content (AvgIpc) is 2.97. The summed E-state index contributed by atoms with van der Waals surface area (Å²) in [5.74, 6) is 0.921. The largest absolute Gasteiger partial charge is 0.497 e. The highest BCUT2D eigenvalue weighted by atomic mass is 16.5. The van der Waals surface area contributed by atoms with Crippen LogP contribution in [0.2, 0.25) is 0 Å². The van der Waals surface area contributed by atoms with Crippen molar-refractivity contribution < 1.29 is 23.8 Å². The van der Waals surface area contributed by atoms with Crippen LogP contribution in [0.3, 0.4) is 0 Å². The Labute approximate surface area is 169 Å². The Bertz CT molecular complexity index is 945. The first kappa shape index (κ1) is 20.3. The van der Waals surface area contributed by atoms with Gasteiger partial charge in [0.25, 0.3) is 11.8 Å². The number of imide groups is 1. The van der Waals surface area contributed by atoms with E-state index < -0.39 is 0 Å². The highest BCUT2D eigenvalue weighted by molar-refractivity contribution is 6.37. The predicted octanol–water partition coefficient (Wildman–Crippen LogP) is 3.31. The number of nitrogens with one attached hydrogen (secondary N) is 1. The Balaban J connectivity index is 2.13. The van der Waals surface area contributed by atoms with E-state index in [1.54, 1.807) is 50.6 Å². The molecule has 2 amide bonds. The minimum Gasteiger partial charge on any atom is -0.497 e. The number of carbonyl (C=O) groups excluding carboxylic acids is 2. The fraction of sp³-hybridized carbons (Fsp3) is 0.273. The van der Waals surface area contributed by atoms with Gasteiger partial charge in [-0.15, -0.1) is 0 Å². The quantitative estimate of drug-likeness (QED) is 0.690. The molecule has 0 saturated carbocycles. The SMILES string of the molecule is CCCN1C(=O)C(Nc2cc(OC)cc(OC)c2)=C(c2ccccc2OC)C1=O. The molecule has 2 aromatic rings. The Kier molecular flexibility index (Phi) is 6.07. The van der Waals surface area contributed by atoms with Gasteiger partial charge in [-0.3, -0.25) is 14.5 Å². The average molecular weight is 396 g/mol. The van der Waals surface area contributed by atoms with E-state index in [0.717, 1.165) is 0 Å². The van der Waals surface area contributed by atoms with Crippen LogP contribution in [0.25, 0.3) is 5.57 Å². The Hall–Kier alpha value is -3.48. The van der Waals surface area contributed by atoms with Crippen molar-refractivity contribution in [3.63, 3.8) is 0 Å². The fourth-order valence-corrected chi connectivity index (χ4v) is 3.24. The molecule has 0 aliphatic carbocycles. The molecule has 7 nitrogen and oxygen atoms in total. The molecule has 1 heterocycles. The first-order valence-corrected chi connectivity index (χ1v) is 9.28. The number of para-hydroxylation sites is 1. The molecule has 1 aliphatic rings. The van der Waals surface area contributed by atoms with Gasteiger partial charge in [0.15, 0.2) is 0 Å². The van der Waals surface area contributed by atoms with Crippen molar-refractivity contribution in [1.29, 1.82) is 0 Å². The number of ether oxygens (including phenoxy) is 3. The molecule has 0 aromatic heterocycles. The van der Waals surface area contributed by atoms with Crippen LogP contribution in [0, 0.1) is 0 Å². The van der Waals surface area contributed by atoms with E-state index in [0.29, 0.717) is 41.5 Å². The second-order valence-electron chi connectivity index (χ2n) is 6.44. The van der Waals surface area contributed by atoms with Crippen molar-refractivity contribution in [2.75, 3.05) is 33.2 Å². The van der Waals surface area contributed by atoms with Crippen LogP contribution in [0.4, 0.5) is 5.69 Å². The Morgan fingerprint density at radius 1 is 0.897 bits per heavy atom. The summed E-state index contributed by atoms with van der Waals surface area (Å²) in [6, 6.07) is 12.3. The maximum atomic E-state index is 13.1. The summed E-state index contributed by atoms with van der Waals surface area (Å²) in [5.41, 5.74) is 1.61. The van der Waals surface area contributed by atoms with Crippen molar-refractivity contribution in [1.82, 2.24) is 4.90 Å². The van der Waals surface area contributed by atoms with E-state index in [1.165, 1.54) is 12.0 Å². The van der Waals surface area contributed by atoms with Crippen molar-refractivity contribution in [3.05, 3.63) is 53.7 Å². The van der Waals surface area contributed by atoms with Crippen LogP contribution >= 0.6 is 0 Å². The molecule has 0 atom stereocenters. The summed E-state index contributed by atoms with van der Waals surface area (Å²) in [4.78, 5) is 27.5. The molecular formula is C22H24N2O5. The lowest BCUT2D eigenvalue weighted by Gasteiger charge is -2.14. The van der Waals surface area contributed by atoms with E-state index in [9.17, 15) is 9.59 Å². The van der Waals surface area contributed by atoms with Gasteiger partial charge < -0.3 is 19.5 Å². The van der Waals surface area contributed by atoms with E-state index in [2.05, 4.69) is 5.32 Å². The molecule has 3 rings (SSSR count). The highest BCUT2D eigenvalue weighted by Crippen LogP contribution is 2.36. The first-order valence-electron chi connectivity index (χ1n) is 9.28. The Morgan fingerprint density at radius 2 is 1.55 bits per heavy atom. The van der Waals surface area contributed by atoms with Crippen LogP contribution in [0.1, 0.15) is 18.9 Å². The summed E-state index contributed by atoms with van der Waals surface area (Å²) >= 11 is 0. The molecule has 7 heteroatoms. The number of nitrogens with zero attached hydrogens (tertiary/aromatic N) is 1. The monoisotopic (exact) mass is 396 g/mol. The third-order valence-electron chi connectivity index (χ3n) is 4.61. The second kappa shape index (κ2) is 8.68. The fourth-order valence-electron chi connectivity index (χ4n) is 3.24. The summed E-state index contributed by atoms with van der Waals surface area (Å²) < 4.78 is 16.0. The van der Waals surface area contributed by atoms with Crippen LogP contribution in [0.5, 0.6) is 17.2 Å². The van der Waals surface area contributed by atoms with Gasteiger partial charge >= 0.3 is 0 Å². The zero-order valence-electron chi connectivity index (χ0n) is 16.9. The number of rotatable bonds is 8. The minimum atomic E-state index is -0.375. The molecule has 2 aromatic carbocycles. The van der Waals surface area contributed by atoms with Crippen molar-refractivity contribution in [2.45, 2.75) is 13.3 Å². The van der Waals surface area contributed by atoms with Crippen LogP contribution in [0.15, 0.2) is 48.2 Å². The van der Waals surface area contributed by atoms with Gasteiger partial charge in [-0.1, -0.05) is 25.1 Å². The number of hydrogen-bond acceptors (Lipinski definition) is 6. The smallest absolute Gasteiger partial charge is 0.278 e. The summed E-state index contributed by atoms with van der Waals surface area (Å²) in [6.45, 7) is 2.25. The van der Waals surface area contributed by atoms with Crippen LogP contribution in [-0.2, 0) is 9.59 Å². The predicted molar refractivity (Wildman–Crippen MR) is 110 cm³/mol. The topological polar surface area (TPSA) is 77.1 Å². The lowest BCUT2D eigenvalue weighted by molar-refractivity contribution is -0.136. The van der Waals surface area contributed by atoms with Gasteiger partial charge in [0.2, 0.25) is 0 Å². The molecule has 0 spiro atoms. The van der Waals surface area contributed by atoms with Crippen molar-refractivity contribution in [3.8, 4) is 17.2 Å². The van der Waals surface area contributed by atoms with E-state index in [4.69, 9.17) is 14.2 Å². The van der Waals surface area contributed by atoms with Gasteiger partial charge in [0.1, 0.15) is 22.9 Å². The third kappa shape index (κ3) is 3.89. The number of benzene rings is 2. The standard InChI is InChI=1S/C22H24N2O5/c1-5-10-24-21(25)19(17-8-6-7-9-18(17)29-4)20(22(24)26)23-14-11-15(27-2)13-16(12-14)28-3/h6-9,11-13,23H,5,10H2,1-4H3. The van der Waals surface area contributed by atoms with E-state index >= 15 is 0 Å². The summed E-state index contributed by atoms with van der Waals surface area (Å²) in [5, 5.41) is 3.11. The number of hydrogen-bond donors (Lipinski definition) is 1. The number of anilines is 1. The summed E-state index contributed by atoms with van der Waals surface area (Å²) in [6.07, 6.45) is 0.664. The lowest BCUT2D eigenvalue weighted by atomic mass is 10.0. The molecule has 1 aliphatic heterocycles. The van der Waals surface area contributed by atoms with Gasteiger partial charge in [-0.2, -0.15) is 0 Å². The molecular weight excluding hydrogens is 372 g/mol. The number of methoxy groups -OCH3 is 3. The molecule has 1 N–H and O–H groups in total. The zero-order chi connectivity index (χ0) is 21.0. The molecule has 0 bridgehead atoms. The van der Waals surface area contributed by atoms with E-state index in [1.807, 2.05) is 13.0 Å². The second-order valence-corrected chi connectivity index (χ2v) is 6.44. The van der Waals surface area contributed by atoms with Gasteiger partial charge in [0.05, 0.1) is 26.9 Å². The summed E-state index contributed by atoms with van der Waals surface area (Å²) in [7, 11) is 4.63. The maximum Gasteiger partial charge on any atom is 0.278 e. The molecule has 29 heavy (non-hydrogen) atoms. The van der Waals surface area contributed by atoms with Crippen LogP contribution in [-0.4, -0.2) is 44.6 Å². The third-order valence-corrected chi connectivity index (χ3v) is 4.61. The zero-order valence-corrected chi connectivity index (χ0v) is 16.9. The minimum absolute atomic E-state index is 0.197. The van der Waals surface area contributed by atoms with Crippen molar-refractivity contribution in [2.24, 2.45) is 0 Å². The number of amides is 2. The lowest BCUT2D eigenvalue weighted by Crippen LogP contribution is -2.33. The number of carbonyl (C=O) groups is 2. The van der Waals surface area contributed by atoms with Gasteiger partial charge in [0, 0.05) is 36.0 Å². The van der Waals surface area contributed by atoms with Crippen molar-refractivity contribution >= 4 is 23.1 Å². The Morgan fingerprint density at radius 3 is 2.14 bits per heavy atom. The van der Waals surface area contributed by atoms with Gasteiger partial charge in [-0.05, 0) is 12.5 Å². The molecule has 0 fully saturated rings. The highest BCUT2D eigenvalue weighted by Gasteiger charge is 2.39. The molecule has 0 saturated heterocycles. The first-order chi connectivity index (χ1) is 14.0. The molecule has 0 unspecified atom stereocenters. The van der Waals surface area contributed by atoms with E-state index in [-0.39, 0.29) is 23.1 Å². The molecule has 152 valence electrons. The van der Waals surface area contributed by atoms with Gasteiger partial charge in [-0.25, -0.2) is 0 Å². The van der Waals surface area contributed by atoms with Crippen LogP contribution < -0.4 is 19.5 Å².